The molecule has 2 aromatic carbocycles. The third kappa shape index (κ3) is 3.40. The number of aryl methyl sites for hydroxylation is 1. The van der Waals surface area contributed by atoms with Crippen LogP contribution in [0, 0.1) is 6.92 Å². The van der Waals surface area contributed by atoms with Crippen molar-refractivity contribution in [2.75, 3.05) is 0 Å². The van der Waals surface area contributed by atoms with Crippen molar-refractivity contribution in [3.63, 3.8) is 0 Å². The maximum absolute atomic E-state index is 11.2. The Morgan fingerprint density at radius 1 is 1.11 bits per heavy atom. The molecule has 2 heterocycles. The van der Waals surface area contributed by atoms with Crippen LogP contribution in [0.3, 0.4) is 0 Å². The molecule has 0 spiro atoms. The minimum atomic E-state index is -0.970. The molecule has 0 aliphatic heterocycles. The standard InChI is InChI=1S/C22H18N2O3/c1-15-11-19-17(12-20(15)27-14-16-5-3-2-4-6-16)8-10-24(19)21-13-18(22(25)26)7-9-23-21/h2-13H,14H2,1H3,(H,25,26). The second kappa shape index (κ2) is 6.96. The zero-order valence-corrected chi connectivity index (χ0v) is 14.8. The van der Waals surface area contributed by atoms with Crippen molar-refractivity contribution in [2.45, 2.75) is 13.5 Å². The number of fused-ring (bicyclic) bond motifs is 1. The highest BCUT2D eigenvalue weighted by Gasteiger charge is 2.11. The van der Waals surface area contributed by atoms with Gasteiger partial charge in [-0.1, -0.05) is 30.3 Å². The maximum atomic E-state index is 11.2. The van der Waals surface area contributed by atoms with Crippen LogP contribution < -0.4 is 4.74 Å². The van der Waals surface area contributed by atoms with Gasteiger partial charge in [0.25, 0.3) is 0 Å². The lowest BCUT2D eigenvalue weighted by Gasteiger charge is -2.11. The number of carboxylic acids is 1. The maximum Gasteiger partial charge on any atom is 0.335 e. The predicted molar refractivity (Wildman–Crippen MR) is 104 cm³/mol. The number of hydrogen-bond acceptors (Lipinski definition) is 3. The first-order chi connectivity index (χ1) is 13.1. The van der Waals surface area contributed by atoms with Gasteiger partial charge in [0.15, 0.2) is 0 Å². The average Bonchev–Trinajstić information content (AvgIpc) is 3.09. The number of aromatic nitrogens is 2. The zero-order chi connectivity index (χ0) is 18.8. The number of carbonyl (C=O) groups is 1. The van der Waals surface area contributed by atoms with Crippen LogP contribution in [-0.4, -0.2) is 20.6 Å². The molecule has 0 amide bonds. The molecule has 0 saturated carbocycles. The molecule has 0 unspecified atom stereocenters. The summed E-state index contributed by atoms with van der Waals surface area (Å²) >= 11 is 0. The van der Waals surface area contributed by atoms with Crippen molar-refractivity contribution in [1.29, 1.82) is 0 Å². The molecule has 134 valence electrons. The summed E-state index contributed by atoms with van der Waals surface area (Å²) in [5, 5.41) is 10.2. The fourth-order valence-corrected chi connectivity index (χ4v) is 3.04. The molecule has 0 bridgehead atoms. The largest absolute Gasteiger partial charge is 0.489 e. The molecule has 0 atom stereocenters. The van der Waals surface area contributed by atoms with Gasteiger partial charge in [0.05, 0.1) is 11.1 Å². The molecule has 5 nitrogen and oxygen atoms in total. The molecule has 4 aromatic rings. The summed E-state index contributed by atoms with van der Waals surface area (Å²) in [5.74, 6) is 0.432. The van der Waals surface area contributed by atoms with Crippen LogP contribution in [0.4, 0.5) is 0 Å². The molecule has 0 radical (unpaired) electrons. The quantitative estimate of drug-likeness (QED) is 0.566. The van der Waals surface area contributed by atoms with Crippen molar-refractivity contribution >= 4 is 16.9 Å². The van der Waals surface area contributed by atoms with Gasteiger partial charge in [-0.05, 0) is 48.4 Å². The number of nitrogens with zero attached hydrogens (tertiary/aromatic N) is 2. The van der Waals surface area contributed by atoms with E-state index in [9.17, 15) is 9.90 Å². The lowest BCUT2D eigenvalue weighted by atomic mass is 10.1. The van der Waals surface area contributed by atoms with E-state index in [1.807, 2.05) is 66.2 Å². The summed E-state index contributed by atoms with van der Waals surface area (Å²) in [6.45, 7) is 2.51. The molecule has 1 N–H and O–H groups in total. The number of benzene rings is 2. The van der Waals surface area contributed by atoms with E-state index in [0.29, 0.717) is 12.4 Å². The van der Waals surface area contributed by atoms with Crippen molar-refractivity contribution < 1.29 is 14.6 Å². The number of hydrogen-bond donors (Lipinski definition) is 1. The fraction of sp³-hybridized carbons (Fsp3) is 0.0909. The first-order valence-electron chi connectivity index (χ1n) is 8.60. The van der Waals surface area contributed by atoms with Crippen LogP contribution in [0.5, 0.6) is 5.75 Å². The molecule has 27 heavy (non-hydrogen) atoms. The van der Waals surface area contributed by atoms with Gasteiger partial charge >= 0.3 is 5.97 Å². The summed E-state index contributed by atoms with van der Waals surface area (Å²) in [5.41, 5.74) is 3.29. The first kappa shape index (κ1) is 16.8. The van der Waals surface area contributed by atoms with Crippen molar-refractivity contribution in [3.05, 3.63) is 89.7 Å². The lowest BCUT2D eigenvalue weighted by molar-refractivity contribution is 0.0696. The van der Waals surface area contributed by atoms with Crippen LogP contribution >= 0.6 is 0 Å². The van der Waals surface area contributed by atoms with Gasteiger partial charge in [-0.3, -0.25) is 0 Å². The lowest BCUT2D eigenvalue weighted by Crippen LogP contribution is -2.02. The number of ether oxygens (including phenoxy) is 1. The van der Waals surface area contributed by atoms with Gasteiger partial charge in [-0.25, -0.2) is 9.78 Å². The number of aromatic carboxylic acids is 1. The highest BCUT2D eigenvalue weighted by molar-refractivity contribution is 5.88. The van der Waals surface area contributed by atoms with Gasteiger partial charge in [-0.2, -0.15) is 0 Å². The summed E-state index contributed by atoms with van der Waals surface area (Å²) in [6.07, 6.45) is 3.40. The second-order valence-electron chi connectivity index (χ2n) is 6.34. The molecule has 0 saturated heterocycles. The van der Waals surface area contributed by atoms with E-state index in [1.54, 1.807) is 6.07 Å². The Morgan fingerprint density at radius 3 is 2.70 bits per heavy atom. The normalized spacial score (nSPS) is 10.9. The second-order valence-corrected chi connectivity index (χ2v) is 6.34. The smallest absolute Gasteiger partial charge is 0.335 e. The summed E-state index contributed by atoms with van der Waals surface area (Å²) < 4.78 is 7.88. The molecular weight excluding hydrogens is 340 g/mol. The van der Waals surface area contributed by atoms with Crippen LogP contribution in [0.1, 0.15) is 21.5 Å². The molecule has 5 heteroatoms. The number of rotatable bonds is 5. The predicted octanol–water partition coefficient (Wildman–Crippen LogP) is 4.61. The highest BCUT2D eigenvalue weighted by Crippen LogP contribution is 2.28. The molecule has 4 rings (SSSR count). The third-order valence-electron chi connectivity index (χ3n) is 4.46. The Hall–Kier alpha value is -3.60. The minimum Gasteiger partial charge on any atom is -0.489 e. The summed E-state index contributed by atoms with van der Waals surface area (Å²) in [4.78, 5) is 15.5. The molecular formula is C22H18N2O3. The van der Waals surface area contributed by atoms with Gasteiger partial charge in [0.2, 0.25) is 0 Å². The highest BCUT2D eigenvalue weighted by atomic mass is 16.5. The van der Waals surface area contributed by atoms with Gasteiger partial charge in [-0.15, -0.1) is 0 Å². The Kier molecular flexibility index (Phi) is 4.34. The van der Waals surface area contributed by atoms with Gasteiger partial charge in [0, 0.05) is 17.8 Å². The monoisotopic (exact) mass is 358 g/mol. The fourth-order valence-electron chi connectivity index (χ4n) is 3.04. The Bertz CT molecular complexity index is 1120. The Balaban J connectivity index is 1.67. The molecule has 0 aliphatic rings. The van der Waals surface area contributed by atoms with E-state index in [2.05, 4.69) is 4.98 Å². The number of pyridine rings is 1. The molecule has 0 aliphatic carbocycles. The van der Waals surface area contributed by atoms with Crippen molar-refractivity contribution in [3.8, 4) is 11.6 Å². The summed E-state index contributed by atoms with van der Waals surface area (Å²) in [6, 6.07) is 19.1. The first-order valence-corrected chi connectivity index (χ1v) is 8.60. The molecule has 2 aromatic heterocycles. The summed E-state index contributed by atoms with van der Waals surface area (Å²) in [7, 11) is 0. The molecule has 0 fully saturated rings. The Morgan fingerprint density at radius 2 is 1.93 bits per heavy atom. The topological polar surface area (TPSA) is 64.4 Å². The van der Waals surface area contributed by atoms with Gasteiger partial charge in [0.1, 0.15) is 18.2 Å². The van der Waals surface area contributed by atoms with Crippen LogP contribution in [0.2, 0.25) is 0 Å². The van der Waals surface area contributed by atoms with Crippen molar-refractivity contribution in [1.82, 2.24) is 9.55 Å². The van der Waals surface area contributed by atoms with E-state index in [4.69, 9.17) is 4.74 Å². The average molecular weight is 358 g/mol. The van der Waals surface area contributed by atoms with E-state index < -0.39 is 5.97 Å². The third-order valence-corrected chi connectivity index (χ3v) is 4.46. The van der Waals surface area contributed by atoms with Crippen LogP contribution in [0.25, 0.3) is 16.7 Å². The van der Waals surface area contributed by atoms with Crippen LogP contribution in [-0.2, 0) is 6.61 Å². The number of carboxylic acid groups (broad SMARTS) is 1. The van der Waals surface area contributed by atoms with E-state index in [1.165, 1.54) is 12.3 Å². The Labute approximate surface area is 156 Å². The van der Waals surface area contributed by atoms with Crippen LogP contribution in [0.15, 0.2) is 73.1 Å². The zero-order valence-electron chi connectivity index (χ0n) is 14.8. The van der Waals surface area contributed by atoms with Gasteiger partial charge < -0.3 is 14.4 Å². The van der Waals surface area contributed by atoms with Crippen molar-refractivity contribution in [2.24, 2.45) is 0 Å². The minimum absolute atomic E-state index is 0.210. The van der Waals surface area contributed by atoms with E-state index in [0.717, 1.165) is 27.8 Å². The van der Waals surface area contributed by atoms with E-state index >= 15 is 0 Å². The SMILES string of the molecule is Cc1cc2c(ccn2-c2cc(C(=O)O)ccn2)cc1OCc1ccccc1. The van der Waals surface area contributed by atoms with E-state index in [-0.39, 0.29) is 5.56 Å².